The molecular formula is C6H11N6O4+. The predicted octanol–water partition coefficient (Wildman–Crippen LogP) is -1.09. The van der Waals surface area contributed by atoms with Crippen molar-refractivity contribution in [3.8, 4) is 0 Å². The Balaban J connectivity index is 3.20. The molecule has 0 amide bonds. The van der Waals surface area contributed by atoms with Crippen LogP contribution in [0.25, 0.3) is 0 Å². The summed E-state index contributed by atoms with van der Waals surface area (Å²) in [5, 5.41) is 24.7. The molecule has 0 aliphatic heterocycles. The first-order valence-electron chi connectivity index (χ1n) is 4.43. The van der Waals surface area contributed by atoms with E-state index in [1.165, 1.54) is 0 Å². The highest BCUT2D eigenvalue weighted by molar-refractivity contribution is 5.65. The zero-order valence-corrected chi connectivity index (χ0v) is 8.33. The second kappa shape index (κ2) is 4.53. The lowest BCUT2D eigenvalue weighted by Crippen LogP contribution is -2.50. The molecule has 10 heteroatoms. The molecule has 0 spiro atoms. The van der Waals surface area contributed by atoms with E-state index in [2.05, 4.69) is 10.8 Å². The number of quaternary nitrogens is 1. The van der Waals surface area contributed by atoms with Crippen molar-refractivity contribution in [1.29, 1.82) is 0 Å². The van der Waals surface area contributed by atoms with Crippen LogP contribution in [0.1, 0.15) is 6.42 Å². The van der Waals surface area contributed by atoms with Gasteiger partial charge in [-0.3, -0.25) is 0 Å². The Hall–Kier alpha value is -2.23. The molecule has 0 fully saturated rings. The van der Waals surface area contributed by atoms with Gasteiger partial charge in [-0.25, -0.2) is 0 Å². The van der Waals surface area contributed by atoms with Crippen LogP contribution in [-0.2, 0) is 6.54 Å². The predicted molar refractivity (Wildman–Crippen MR) is 52.3 cm³/mol. The van der Waals surface area contributed by atoms with Gasteiger partial charge in [0.2, 0.25) is 5.69 Å². The van der Waals surface area contributed by atoms with Gasteiger partial charge in [0.25, 0.3) is 0 Å². The third-order valence-electron chi connectivity index (χ3n) is 1.91. The molecule has 0 aliphatic carbocycles. The minimum atomic E-state index is -0.844. The summed E-state index contributed by atoms with van der Waals surface area (Å²) >= 11 is 0. The molecule has 0 radical (unpaired) electrons. The Morgan fingerprint density at radius 3 is 2.44 bits per heavy atom. The fourth-order valence-electron chi connectivity index (χ4n) is 1.20. The van der Waals surface area contributed by atoms with Gasteiger partial charge < -0.3 is 31.7 Å². The molecule has 10 nitrogen and oxygen atoms in total. The van der Waals surface area contributed by atoms with Gasteiger partial charge in [0.1, 0.15) is 6.54 Å². The summed E-state index contributed by atoms with van der Waals surface area (Å²) in [5.74, 6) is -1.23. The number of nitro groups is 2. The summed E-state index contributed by atoms with van der Waals surface area (Å²) in [7, 11) is 0. The number of hydrogen-bond donors (Lipinski definition) is 2. The van der Waals surface area contributed by atoms with Crippen LogP contribution in [0.4, 0.5) is 17.3 Å². The van der Waals surface area contributed by atoms with Crippen LogP contribution in [0.5, 0.6) is 0 Å². The quantitative estimate of drug-likeness (QED) is 0.484. The van der Waals surface area contributed by atoms with Crippen LogP contribution in [0, 0.1) is 20.2 Å². The van der Waals surface area contributed by atoms with Gasteiger partial charge in [0, 0.05) is 6.42 Å². The van der Waals surface area contributed by atoms with Crippen molar-refractivity contribution in [1.82, 2.24) is 9.78 Å². The number of nitrogens with two attached hydrogens (primary N) is 1. The van der Waals surface area contributed by atoms with E-state index in [4.69, 9.17) is 5.73 Å². The maximum absolute atomic E-state index is 10.7. The molecular weight excluding hydrogens is 220 g/mol. The summed E-state index contributed by atoms with van der Waals surface area (Å²) < 4.78 is 0.929. The van der Waals surface area contributed by atoms with E-state index in [9.17, 15) is 20.2 Å². The average Bonchev–Trinajstić information content (AvgIpc) is 2.52. The van der Waals surface area contributed by atoms with Crippen LogP contribution < -0.4 is 11.5 Å². The summed E-state index contributed by atoms with van der Waals surface area (Å²) in [6.07, 6.45) is 0.527. The van der Waals surface area contributed by atoms with Crippen molar-refractivity contribution < 1.29 is 15.6 Å². The number of hydrogen-bond acceptors (Lipinski definition) is 6. The van der Waals surface area contributed by atoms with E-state index in [1.807, 2.05) is 0 Å². The highest BCUT2D eigenvalue weighted by atomic mass is 16.6. The SMILES string of the molecule is Nc1c([N+](=O)[O-])nn(CCC[NH3+])c1[N+](=O)[O-]. The lowest BCUT2D eigenvalue weighted by atomic mass is 10.4. The maximum Gasteiger partial charge on any atom is 0.443 e. The zero-order chi connectivity index (χ0) is 12.3. The van der Waals surface area contributed by atoms with Gasteiger partial charge >= 0.3 is 11.6 Å². The number of aryl methyl sites for hydroxylation is 1. The number of nitrogens with zero attached hydrogens (tertiary/aromatic N) is 4. The van der Waals surface area contributed by atoms with Gasteiger partial charge in [0.15, 0.2) is 5.10 Å². The van der Waals surface area contributed by atoms with E-state index >= 15 is 0 Å². The maximum atomic E-state index is 10.7. The number of nitrogen functional groups attached to an aromatic ring is 1. The molecule has 1 heterocycles. The Labute approximate surface area is 89.1 Å². The molecule has 0 saturated carbocycles. The Morgan fingerprint density at radius 2 is 2.00 bits per heavy atom. The van der Waals surface area contributed by atoms with Crippen LogP contribution >= 0.6 is 0 Å². The molecule has 0 unspecified atom stereocenters. The highest BCUT2D eigenvalue weighted by Gasteiger charge is 2.34. The lowest BCUT2D eigenvalue weighted by Gasteiger charge is -1.94. The van der Waals surface area contributed by atoms with E-state index in [0.29, 0.717) is 13.0 Å². The van der Waals surface area contributed by atoms with Crippen LogP contribution in [-0.4, -0.2) is 26.2 Å². The molecule has 0 aromatic carbocycles. The second-order valence-corrected chi connectivity index (χ2v) is 3.01. The molecule has 0 aliphatic rings. The largest absolute Gasteiger partial charge is 0.443 e. The smallest absolute Gasteiger partial charge is 0.385 e. The molecule has 5 N–H and O–H groups in total. The second-order valence-electron chi connectivity index (χ2n) is 3.01. The van der Waals surface area contributed by atoms with E-state index < -0.39 is 27.2 Å². The van der Waals surface area contributed by atoms with Crippen molar-refractivity contribution >= 4 is 17.3 Å². The fraction of sp³-hybridized carbons (Fsp3) is 0.500. The van der Waals surface area contributed by atoms with Crippen molar-refractivity contribution in [3.05, 3.63) is 20.2 Å². The monoisotopic (exact) mass is 231 g/mol. The number of aromatic nitrogens is 2. The highest BCUT2D eigenvalue weighted by Crippen LogP contribution is 2.30. The van der Waals surface area contributed by atoms with Crippen LogP contribution in [0.15, 0.2) is 0 Å². The van der Waals surface area contributed by atoms with Gasteiger partial charge in [0.05, 0.1) is 6.54 Å². The summed E-state index contributed by atoms with van der Waals surface area (Å²) in [6.45, 7) is 0.725. The third-order valence-corrected chi connectivity index (χ3v) is 1.91. The Morgan fingerprint density at radius 1 is 1.38 bits per heavy atom. The topological polar surface area (TPSA) is 158 Å². The molecule has 1 aromatic rings. The van der Waals surface area contributed by atoms with Gasteiger partial charge in [-0.2, -0.15) is 0 Å². The summed E-state index contributed by atoms with van der Waals surface area (Å²) in [4.78, 5) is 19.5. The molecule has 0 saturated heterocycles. The van der Waals surface area contributed by atoms with Crippen molar-refractivity contribution in [3.63, 3.8) is 0 Å². The molecule has 0 atom stereocenters. The number of rotatable bonds is 5. The third kappa shape index (κ3) is 2.06. The van der Waals surface area contributed by atoms with E-state index in [0.717, 1.165) is 4.68 Å². The molecule has 1 aromatic heterocycles. The van der Waals surface area contributed by atoms with Gasteiger partial charge in [-0.15, -0.1) is 0 Å². The zero-order valence-electron chi connectivity index (χ0n) is 8.33. The first-order valence-corrected chi connectivity index (χ1v) is 4.43. The Bertz CT molecular complexity index is 427. The fourth-order valence-corrected chi connectivity index (χ4v) is 1.20. The van der Waals surface area contributed by atoms with Crippen molar-refractivity contribution in [2.45, 2.75) is 13.0 Å². The molecule has 16 heavy (non-hydrogen) atoms. The normalized spacial score (nSPS) is 10.3. The van der Waals surface area contributed by atoms with Crippen LogP contribution in [0.2, 0.25) is 0 Å². The van der Waals surface area contributed by atoms with E-state index in [1.54, 1.807) is 0 Å². The summed E-state index contributed by atoms with van der Waals surface area (Å²) in [5.41, 5.74) is 8.34. The minimum Gasteiger partial charge on any atom is -0.385 e. The van der Waals surface area contributed by atoms with E-state index in [-0.39, 0.29) is 6.54 Å². The first-order chi connectivity index (χ1) is 7.49. The standard InChI is InChI=1S/C6H10N6O4/c7-2-1-3-10-6(12(15)16)4(8)5(9-10)11(13)14/h1-3,7-8H2/p+1. The van der Waals surface area contributed by atoms with Crippen molar-refractivity contribution in [2.75, 3.05) is 12.3 Å². The minimum absolute atomic E-state index is 0.178. The molecule has 0 bridgehead atoms. The van der Waals surface area contributed by atoms with Crippen molar-refractivity contribution in [2.24, 2.45) is 0 Å². The average molecular weight is 231 g/mol. The molecule has 1 rings (SSSR count). The van der Waals surface area contributed by atoms with Gasteiger partial charge in [-0.05, 0) is 14.5 Å². The summed E-state index contributed by atoms with van der Waals surface area (Å²) in [6, 6.07) is 0. The molecule has 88 valence electrons. The van der Waals surface area contributed by atoms with Crippen LogP contribution in [0.3, 0.4) is 0 Å². The van der Waals surface area contributed by atoms with Gasteiger partial charge in [-0.1, -0.05) is 0 Å². The lowest BCUT2D eigenvalue weighted by molar-refractivity contribution is -0.393. The number of anilines is 1. The Kier molecular flexibility index (Phi) is 3.35. The first kappa shape index (κ1) is 11.8.